The smallest absolute Gasteiger partial charge is 0.336 e. The summed E-state index contributed by atoms with van der Waals surface area (Å²) in [6.07, 6.45) is 0.105. The standard InChI is InChI=1S/C11H12O5/c1-16-8-4-2-7(3-5-10(12)13)9(6-8)11(14)15/h2,4,6H,3,5H2,1H3,(H,12,13)(H,14,15). The number of hydrogen-bond acceptors (Lipinski definition) is 3. The number of ether oxygens (including phenoxy) is 1. The SMILES string of the molecule is COc1ccc(CCC(=O)O)c(C(=O)O)c1. The first-order valence-corrected chi connectivity index (χ1v) is 4.66. The Balaban J connectivity index is 2.98. The minimum Gasteiger partial charge on any atom is -0.497 e. The first-order chi connectivity index (χ1) is 7.54. The third-order valence-corrected chi connectivity index (χ3v) is 2.16. The highest BCUT2D eigenvalue weighted by atomic mass is 16.5. The first kappa shape index (κ1) is 12.0. The van der Waals surface area contributed by atoms with Crippen molar-refractivity contribution in [3.05, 3.63) is 29.3 Å². The molecule has 1 aromatic rings. The van der Waals surface area contributed by atoms with Gasteiger partial charge in [0.25, 0.3) is 0 Å². The van der Waals surface area contributed by atoms with Crippen LogP contribution >= 0.6 is 0 Å². The second-order valence-corrected chi connectivity index (χ2v) is 3.22. The zero-order chi connectivity index (χ0) is 12.1. The monoisotopic (exact) mass is 224 g/mol. The van der Waals surface area contributed by atoms with E-state index in [0.29, 0.717) is 11.3 Å². The van der Waals surface area contributed by atoms with Gasteiger partial charge < -0.3 is 14.9 Å². The molecule has 0 aromatic heterocycles. The lowest BCUT2D eigenvalue weighted by molar-refractivity contribution is -0.136. The lowest BCUT2D eigenvalue weighted by Crippen LogP contribution is -2.05. The molecule has 0 fully saturated rings. The van der Waals surface area contributed by atoms with Crippen molar-refractivity contribution in [1.29, 1.82) is 0 Å². The Hall–Kier alpha value is -2.04. The fourth-order valence-corrected chi connectivity index (χ4v) is 1.34. The number of aromatic carboxylic acids is 1. The van der Waals surface area contributed by atoms with E-state index in [9.17, 15) is 9.59 Å². The summed E-state index contributed by atoms with van der Waals surface area (Å²) < 4.78 is 4.91. The summed E-state index contributed by atoms with van der Waals surface area (Å²) in [4.78, 5) is 21.3. The quantitative estimate of drug-likeness (QED) is 0.790. The van der Waals surface area contributed by atoms with Crippen molar-refractivity contribution in [2.75, 3.05) is 7.11 Å². The van der Waals surface area contributed by atoms with Gasteiger partial charge in [0.15, 0.2) is 0 Å². The molecule has 0 saturated carbocycles. The topological polar surface area (TPSA) is 83.8 Å². The predicted octanol–water partition coefficient (Wildman–Crippen LogP) is 1.41. The molecule has 0 atom stereocenters. The number of aryl methyl sites for hydroxylation is 1. The fraction of sp³-hybridized carbons (Fsp3) is 0.273. The second kappa shape index (κ2) is 5.16. The molecule has 0 aliphatic rings. The normalized spacial score (nSPS) is 9.81. The third-order valence-electron chi connectivity index (χ3n) is 2.16. The summed E-state index contributed by atoms with van der Waals surface area (Å²) in [5, 5.41) is 17.5. The van der Waals surface area contributed by atoms with Crippen LogP contribution in [0, 0.1) is 0 Å². The van der Waals surface area contributed by atoms with Crippen LogP contribution in [0.3, 0.4) is 0 Å². The zero-order valence-corrected chi connectivity index (χ0v) is 8.77. The summed E-state index contributed by atoms with van der Waals surface area (Å²) in [6.45, 7) is 0. The first-order valence-electron chi connectivity index (χ1n) is 4.66. The molecule has 0 radical (unpaired) electrons. The van der Waals surface area contributed by atoms with E-state index in [-0.39, 0.29) is 18.4 Å². The molecular weight excluding hydrogens is 212 g/mol. The number of carbonyl (C=O) groups is 2. The third kappa shape index (κ3) is 2.98. The van der Waals surface area contributed by atoms with Gasteiger partial charge in [-0.25, -0.2) is 4.79 Å². The van der Waals surface area contributed by atoms with Crippen molar-refractivity contribution in [2.24, 2.45) is 0 Å². The van der Waals surface area contributed by atoms with Gasteiger partial charge in [0.1, 0.15) is 5.75 Å². The Morgan fingerprint density at radius 2 is 2.00 bits per heavy atom. The Morgan fingerprint density at radius 3 is 2.50 bits per heavy atom. The largest absolute Gasteiger partial charge is 0.497 e. The van der Waals surface area contributed by atoms with Gasteiger partial charge in [-0.3, -0.25) is 4.79 Å². The molecule has 0 aliphatic heterocycles. The van der Waals surface area contributed by atoms with Gasteiger partial charge in [0, 0.05) is 6.42 Å². The maximum atomic E-state index is 10.9. The Bertz CT molecular complexity index is 411. The number of carboxylic acids is 2. The summed E-state index contributed by atoms with van der Waals surface area (Å²) >= 11 is 0. The molecular formula is C11H12O5. The molecule has 1 rings (SSSR count). The molecule has 0 spiro atoms. The average molecular weight is 224 g/mol. The van der Waals surface area contributed by atoms with Crippen LogP contribution in [0.4, 0.5) is 0 Å². The maximum Gasteiger partial charge on any atom is 0.336 e. The lowest BCUT2D eigenvalue weighted by atomic mass is 10.0. The van der Waals surface area contributed by atoms with E-state index in [1.807, 2.05) is 0 Å². The van der Waals surface area contributed by atoms with Crippen LogP contribution in [0.25, 0.3) is 0 Å². The van der Waals surface area contributed by atoms with E-state index >= 15 is 0 Å². The van der Waals surface area contributed by atoms with E-state index in [1.54, 1.807) is 12.1 Å². The zero-order valence-electron chi connectivity index (χ0n) is 8.77. The Morgan fingerprint density at radius 1 is 1.31 bits per heavy atom. The molecule has 5 nitrogen and oxygen atoms in total. The number of carboxylic acid groups (broad SMARTS) is 2. The lowest BCUT2D eigenvalue weighted by Gasteiger charge is -2.07. The van der Waals surface area contributed by atoms with Crippen molar-refractivity contribution >= 4 is 11.9 Å². The van der Waals surface area contributed by atoms with E-state index in [4.69, 9.17) is 14.9 Å². The average Bonchev–Trinajstić information content (AvgIpc) is 2.25. The molecule has 0 heterocycles. The number of rotatable bonds is 5. The minimum absolute atomic E-state index is 0.0839. The van der Waals surface area contributed by atoms with Gasteiger partial charge in [-0.1, -0.05) is 6.07 Å². The minimum atomic E-state index is -1.08. The van der Waals surface area contributed by atoms with Gasteiger partial charge in [0.2, 0.25) is 0 Å². The van der Waals surface area contributed by atoms with Crippen molar-refractivity contribution in [2.45, 2.75) is 12.8 Å². The number of aliphatic carboxylic acids is 1. The van der Waals surface area contributed by atoms with E-state index < -0.39 is 11.9 Å². The fourth-order valence-electron chi connectivity index (χ4n) is 1.34. The number of benzene rings is 1. The van der Waals surface area contributed by atoms with Gasteiger partial charge in [-0.05, 0) is 24.1 Å². The van der Waals surface area contributed by atoms with Gasteiger partial charge in [-0.2, -0.15) is 0 Å². The summed E-state index contributed by atoms with van der Waals surface area (Å²) in [6, 6.07) is 4.58. The summed E-state index contributed by atoms with van der Waals surface area (Å²) in [5.74, 6) is -1.59. The number of methoxy groups -OCH3 is 1. The second-order valence-electron chi connectivity index (χ2n) is 3.22. The van der Waals surface area contributed by atoms with Gasteiger partial charge in [-0.15, -0.1) is 0 Å². The van der Waals surface area contributed by atoms with Gasteiger partial charge >= 0.3 is 11.9 Å². The van der Waals surface area contributed by atoms with Crippen LogP contribution in [0.15, 0.2) is 18.2 Å². The molecule has 0 saturated heterocycles. The maximum absolute atomic E-state index is 10.9. The molecule has 0 bridgehead atoms. The summed E-state index contributed by atoms with van der Waals surface area (Å²) in [5.41, 5.74) is 0.580. The Kier molecular flexibility index (Phi) is 3.88. The van der Waals surface area contributed by atoms with E-state index in [0.717, 1.165) is 0 Å². The van der Waals surface area contributed by atoms with Crippen molar-refractivity contribution < 1.29 is 24.5 Å². The van der Waals surface area contributed by atoms with Crippen LogP contribution < -0.4 is 4.74 Å². The van der Waals surface area contributed by atoms with Crippen LogP contribution in [0.2, 0.25) is 0 Å². The molecule has 1 aromatic carbocycles. The Labute approximate surface area is 92.3 Å². The highest BCUT2D eigenvalue weighted by Gasteiger charge is 2.12. The molecule has 0 aliphatic carbocycles. The summed E-state index contributed by atoms with van der Waals surface area (Å²) in [7, 11) is 1.44. The molecule has 0 unspecified atom stereocenters. The van der Waals surface area contributed by atoms with E-state index in [2.05, 4.69) is 0 Å². The van der Waals surface area contributed by atoms with Crippen molar-refractivity contribution in [3.63, 3.8) is 0 Å². The van der Waals surface area contributed by atoms with Crippen molar-refractivity contribution in [3.8, 4) is 5.75 Å². The molecule has 0 amide bonds. The molecule has 86 valence electrons. The van der Waals surface area contributed by atoms with E-state index in [1.165, 1.54) is 13.2 Å². The predicted molar refractivity (Wildman–Crippen MR) is 55.9 cm³/mol. The molecule has 16 heavy (non-hydrogen) atoms. The molecule has 5 heteroatoms. The van der Waals surface area contributed by atoms with Crippen LogP contribution in [-0.2, 0) is 11.2 Å². The number of hydrogen-bond donors (Lipinski definition) is 2. The van der Waals surface area contributed by atoms with Crippen LogP contribution in [-0.4, -0.2) is 29.3 Å². The highest BCUT2D eigenvalue weighted by molar-refractivity contribution is 5.90. The molecule has 2 N–H and O–H groups in total. The van der Waals surface area contributed by atoms with Crippen LogP contribution in [0.5, 0.6) is 5.75 Å². The van der Waals surface area contributed by atoms with Crippen LogP contribution in [0.1, 0.15) is 22.3 Å². The van der Waals surface area contributed by atoms with Crippen molar-refractivity contribution in [1.82, 2.24) is 0 Å². The highest BCUT2D eigenvalue weighted by Crippen LogP contribution is 2.19. The van der Waals surface area contributed by atoms with Gasteiger partial charge in [0.05, 0.1) is 12.7 Å².